The van der Waals surface area contributed by atoms with Crippen molar-refractivity contribution in [2.24, 2.45) is 0 Å². The molecular weight excluding hydrogens is 390 g/mol. The Bertz CT molecular complexity index is 595. The topological polar surface area (TPSA) is 80.4 Å². The Balaban J connectivity index is 2.56. The third-order valence-corrected chi connectivity index (χ3v) is 4.89. The van der Waals surface area contributed by atoms with E-state index in [-0.39, 0.29) is 16.4 Å². The molecule has 2 rings (SSSR count). The summed E-state index contributed by atoms with van der Waals surface area (Å²) >= 11 is 7.42. The summed E-state index contributed by atoms with van der Waals surface area (Å²) in [6.45, 7) is 1.30. The molecule has 1 N–H and O–H groups in total. The minimum atomic E-state index is -1.23. The van der Waals surface area contributed by atoms with Crippen molar-refractivity contribution in [1.82, 2.24) is 4.98 Å². The van der Waals surface area contributed by atoms with Crippen molar-refractivity contribution in [2.45, 2.75) is 6.92 Å². The number of carbonyl (C=O) groups is 2. The molecule has 0 aromatic carbocycles. The first-order valence-corrected chi connectivity index (χ1v) is 7.00. The molecule has 0 fully saturated rings. The maximum atomic E-state index is 11.3. The normalized spacial score (nSPS) is 10.6. The highest BCUT2D eigenvalue weighted by Crippen LogP contribution is 2.35. The highest BCUT2D eigenvalue weighted by molar-refractivity contribution is 9.13. The minimum absolute atomic E-state index is 0.112. The van der Waals surface area contributed by atoms with E-state index in [1.54, 1.807) is 6.07 Å². The van der Waals surface area contributed by atoms with Crippen LogP contribution in [0.5, 0.6) is 0 Å². The molecule has 2 aromatic heterocycles. The van der Waals surface area contributed by atoms with Crippen molar-refractivity contribution in [3.8, 4) is 10.8 Å². The summed E-state index contributed by atoms with van der Waals surface area (Å²) in [4.78, 5) is 26.4. The Morgan fingerprint density at radius 3 is 2.50 bits per heavy atom. The van der Waals surface area contributed by atoms with Gasteiger partial charge in [0, 0.05) is 13.0 Å². The molecule has 0 radical (unpaired) electrons. The zero-order valence-electron chi connectivity index (χ0n) is 8.86. The van der Waals surface area contributed by atoms with Gasteiger partial charge in [-0.25, -0.2) is 9.78 Å². The van der Waals surface area contributed by atoms with Crippen molar-refractivity contribution >= 4 is 54.9 Å². The Morgan fingerprint density at radius 2 is 2.11 bits per heavy atom. The largest absolute Gasteiger partial charge is 0.476 e. The van der Waals surface area contributed by atoms with Crippen LogP contribution in [0.15, 0.2) is 19.6 Å². The first kappa shape index (κ1) is 13.4. The average Bonchev–Trinajstić information content (AvgIpc) is 2.83. The highest BCUT2D eigenvalue weighted by atomic mass is 79.9. The smallest absolute Gasteiger partial charge is 0.356 e. The van der Waals surface area contributed by atoms with Gasteiger partial charge >= 0.3 is 5.97 Å². The van der Waals surface area contributed by atoms with Crippen LogP contribution >= 0.6 is 43.2 Å². The van der Waals surface area contributed by atoms with Gasteiger partial charge < -0.3 is 9.52 Å². The van der Waals surface area contributed by atoms with E-state index in [1.165, 1.54) is 6.92 Å². The summed E-state index contributed by atoms with van der Waals surface area (Å²) in [5.41, 5.74) is -0.244. The third kappa shape index (κ3) is 2.40. The fraction of sp³-hybridized carbons (Fsp3) is 0.100. The number of halogens is 2. The number of rotatable bonds is 3. The maximum absolute atomic E-state index is 11.3. The third-order valence-electron chi connectivity index (χ3n) is 2.01. The fourth-order valence-electron chi connectivity index (χ4n) is 1.26. The molecule has 0 unspecified atom stereocenters. The molecule has 0 amide bonds. The predicted molar refractivity (Wildman–Crippen MR) is 72.2 cm³/mol. The Labute approximate surface area is 122 Å². The molecule has 0 aliphatic rings. The Hall–Kier alpha value is -0.990. The van der Waals surface area contributed by atoms with Crippen LogP contribution in [0, 0.1) is 0 Å². The maximum Gasteiger partial charge on any atom is 0.356 e. The number of hydrogen-bond donors (Lipinski definition) is 1. The molecule has 8 heteroatoms. The van der Waals surface area contributed by atoms with Gasteiger partial charge in [-0.15, -0.1) is 11.3 Å². The molecule has 18 heavy (non-hydrogen) atoms. The Kier molecular flexibility index (Phi) is 3.69. The first-order chi connectivity index (χ1) is 8.40. The first-order valence-electron chi connectivity index (χ1n) is 4.60. The molecule has 5 nitrogen and oxygen atoms in total. The fourth-order valence-corrected chi connectivity index (χ4v) is 2.74. The number of thiazole rings is 1. The zero-order valence-corrected chi connectivity index (χ0v) is 12.8. The number of carboxylic acids is 1. The second kappa shape index (κ2) is 4.94. The van der Waals surface area contributed by atoms with Crippen LogP contribution < -0.4 is 0 Å². The number of Topliss-reactive ketones (excluding diaryl/α,β-unsaturated/α-hetero) is 1. The van der Waals surface area contributed by atoms with Crippen LogP contribution in [0.2, 0.25) is 0 Å². The van der Waals surface area contributed by atoms with Gasteiger partial charge in [-0.3, -0.25) is 4.79 Å². The molecule has 2 heterocycles. The van der Waals surface area contributed by atoms with Crippen LogP contribution in [-0.4, -0.2) is 21.8 Å². The van der Waals surface area contributed by atoms with Gasteiger partial charge in [0.15, 0.2) is 26.9 Å². The molecule has 94 valence electrons. The van der Waals surface area contributed by atoms with Crippen molar-refractivity contribution < 1.29 is 19.1 Å². The van der Waals surface area contributed by atoms with Gasteiger partial charge in [0.2, 0.25) is 0 Å². The molecular formula is C10H5Br2NO4S. The quantitative estimate of drug-likeness (QED) is 0.800. The van der Waals surface area contributed by atoms with Crippen LogP contribution in [-0.2, 0) is 0 Å². The molecule has 2 aromatic rings. The lowest BCUT2D eigenvalue weighted by Crippen LogP contribution is -2.03. The summed E-state index contributed by atoms with van der Waals surface area (Å²) in [5, 5.41) is 9.33. The van der Waals surface area contributed by atoms with E-state index in [1.807, 2.05) is 0 Å². The molecule has 0 saturated heterocycles. The number of hydrogen-bond acceptors (Lipinski definition) is 5. The van der Waals surface area contributed by atoms with Gasteiger partial charge in [-0.05, 0) is 31.9 Å². The van der Waals surface area contributed by atoms with E-state index < -0.39 is 5.97 Å². The second-order valence-electron chi connectivity index (χ2n) is 3.29. The molecule has 0 saturated carbocycles. The van der Waals surface area contributed by atoms with Crippen LogP contribution in [0.4, 0.5) is 0 Å². The van der Waals surface area contributed by atoms with Crippen molar-refractivity contribution in [1.29, 1.82) is 0 Å². The van der Waals surface area contributed by atoms with Gasteiger partial charge in [-0.2, -0.15) is 0 Å². The SMILES string of the molecule is CC(=O)c1sc(-c2cc(Br)c(Br)o2)nc1C(=O)O. The monoisotopic (exact) mass is 393 g/mol. The standard InChI is InChI=1S/C10H5Br2NO4S/c1-3(14)7-6(10(15)16)13-9(18-7)5-2-4(11)8(12)17-5/h2H,1H3,(H,15,16). The van der Waals surface area contributed by atoms with Gasteiger partial charge in [0.05, 0.1) is 4.47 Å². The second-order valence-corrected chi connectivity index (χ2v) is 5.86. The van der Waals surface area contributed by atoms with Gasteiger partial charge in [0.1, 0.15) is 4.88 Å². The van der Waals surface area contributed by atoms with E-state index in [9.17, 15) is 9.59 Å². The molecule has 0 atom stereocenters. The molecule has 0 bridgehead atoms. The molecule has 0 aliphatic carbocycles. The van der Waals surface area contributed by atoms with Crippen LogP contribution in [0.25, 0.3) is 10.8 Å². The van der Waals surface area contributed by atoms with Crippen molar-refractivity contribution in [3.63, 3.8) is 0 Å². The van der Waals surface area contributed by atoms with Gasteiger partial charge in [-0.1, -0.05) is 0 Å². The minimum Gasteiger partial charge on any atom is -0.476 e. The summed E-state index contributed by atoms with van der Waals surface area (Å²) < 4.78 is 6.51. The molecule has 0 aliphatic heterocycles. The van der Waals surface area contributed by atoms with Crippen molar-refractivity contribution in [3.05, 3.63) is 25.8 Å². The van der Waals surface area contributed by atoms with Gasteiger partial charge in [0.25, 0.3) is 0 Å². The lowest BCUT2D eigenvalue weighted by molar-refractivity contribution is 0.0687. The number of furan rings is 1. The summed E-state index contributed by atoms with van der Waals surface area (Å²) in [6.07, 6.45) is 0. The van der Waals surface area contributed by atoms with E-state index in [0.717, 1.165) is 11.3 Å². The predicted octanol–water partition coefficient (Wildman–Crippen LogP) is 3.83. The number of carbonyl (C=O) groups excluding carboxylic acids is 1. The van der Waals surface area contributed by atoms with E-state index >= 15 is 0 Å². The number of aromatic carboxylic acids is 1. The van der Waals surface area contributed by atoms with E-state index in [0.29, 0.717) is 19.9 Å². The van der Waals surface area contributed by atoms with Crippen molar-refractivity contribution in [2.75, 3.05) is 0 Å². The summed E-state index contributed by atoms with van der Waals surface area (Å²) in [7, 11) is 0. The summed E-state index contributed by atoms with van der Waals surface area (Å²) in [6, 6.07) is 1.65. The van der Waals surface area contributed by atoms with E-state index in [4.69, 9.17) is 9.52 Å². The number of nitrogens with zero attached hydrogens (tertiary/aromatic N) is 1. The Morgan fingerprint density at radius 1 is 1.44 bits per heavy atom. The lowest BCUT2D eigenvalue weighted by Gasteiger charge is -1.89. The number of aromatic nitrogens is 1. The number of carboxylic acid groups (broad SMARTS) is 1. The van der Waals surface area contributed by atoms with Crippen LogP contribution in [0.1, 0.15) is 27.1 Å². The van der Waals surface area contributed by atoms with E-state index in [2.05, 4.69) is 36.8 Å². The molecule has 0 spiro atoms. The average molecular weight is 395 g/mol. The summed E-state index contributed by atoms with van der Waals surface area (Å²) in [5.74, 6) is -1.16. The number of ketones is 1. The highest BCUT2D eigenvalue weighted by Gasteiger charge is 2.23. The lowest BCUT2D eigenvalue weighted by atomic mass is 10.3. The zero-order chi connectivity index (χ0) is 13.4. The van der Waals surface area contributed by atoms with Crippen LogP contribution in [0.3, 0.4) is 0 Å².